The number of rotatable bonds is 4. The van der Waals surface area contributed by atoms with Gasteiger partial charge in [0.1, 0.15) is 0 Å². The van der Waals surface area contributed by atoms with Gasteiger partial charge in [-0.15, -0.1) is 22.7 Å². The van der Waals surface area contributed by atoms with E-state index in [1.165, 1.54) is 16.2 Å². The summed E-state index contributed by atoms with van der Waals surface area (Å²) in [7, 11) is 0. The van der Waals surface area contributed by atoms with E-state index >= 15 is 0 Å². The average molecular weight is 393 g/mol. The molecule has 1 amide bonds. The SMILES string of the molecule is O=C(/C=C/c1c(Cl)nc2sccn12)N1CCN(Cc2cccs2)CC1. The highest BCUT2D eigenvalue weighted by Gasteiger charge is 2.20. The van der Waals surface area contributed by atoms with Crippen molar-refractivity contribution in [2.24, 2.45) is 0 Å². The minimum absolute atomic E-state index is 0.0250. The molecule has 130 valence electrons. The Balaban J connectivity index is 1.36. The van der Waals surface area contributed by atoms with Gasteiger partial charge < -0.3 is 4.90 Å². The van der Waals surface area contributed by atoms with Gasteiger partial charge >= 0.3 is 0 Å². The monoisotopic (exact) mass is 392 g/mol. The molecule has 0 unspecified atom stereocenters. The lowest BCUT2D eigenvalue weighted by Crippen LogP contribution is -2.47. The van der Waals surface area contributed by atoms with Gasteiger partial charge in [0, 0.05) is 55.3 Å². The van der Waals surface area contributed by atoms with E-state index in [4.69, 9.17) is 11.6 Å². The Kier molecular flexibility index (Phi) is 4.89. The Morgan fingerprint density at radius 1 is 1.24 bits per heavy atom. The maximum atomic E-state index is 12.5. The van der Waals surface area contributed by atoms with Gasteiger partial charge in [-0.1, -0.05) is 17.7 Å². The standard InChI is InChI=1S/C17H17ClN4OS2/c18-16-14(22-9-11-25-17(22)19-16)3-4-15(23)21-7-5-20(6-8-21)12-13-2-1-10-24-13/h1-4,9-11H,5-8,12H2/b4-3+. The second-order valence-electron chi connectivity index (χ2n) is 5.86. The molecule has 3 aromatic rings. The van der Waals surface area contributed by atoms with Crippen molar-refractivity contribution in [3.8, 4) is 0 Å². The third-order valence-electron chi connectivity index (χ3n) is 4.28. The first kappa shape index (κ1) is 16.8. The smallest absolute Gasteiger partial charge is 0.246 e. The molecule has 0 saturated carbocycles. The molecule has 1 fully saturated rings. The van der Waals surface area contributed by atoms with E-state index in [-0.39, 0.29) is 5.91 Å². The molecule has 0 bridgehead atoms. The zero-order valence-corrected chi connectivity index (χ0v) is 15.9. The zero-order chi connectivity index (χ0) is 17.2. The van der Waals surface area contributed by atoms with Crippen LogP contribution in [0, 0.1) is 0 Å². The van der Waals surface area contributed by atoms with Crippen LogP contribution in [0.4, 0.5) is 0 Å². The first-order valence-corrected chi connectivity index (χ1v) is 10.2. The van der Waals surface area contributed by atoms with E-state index < -0.39 is 0 Å². The maximum Gasteiger partial charge on any atom is 0.246 e. The Hall–Kier alpha value is -1.67. The molecule has 1 aliphatic rings. The second kappa shape index (κ2) is 7.29. The van der Waals surface area contributed by atoms with E-state index in [1.807, 2.05) is 20.9 Å². The van der Waals surface area contributed by atoms with E-state index in [0.717, 1.165) is 43.4 Å². The first-order valence-electron chi connectivity index (χ1n) is 8.03. The van der Waals surface area contributed by atoms with Gasteiger partial charge in [-0.3, -0.25) is 14.1 Å². The molecule has 1 aliphatic heterocycles. The summed E-state index contributed by atoms with van der Waals surface area (Å²) in [5.74, 6) is 0.0250. The number of nitrogens with zero attached hydrogens (tertiary/aromatic N) is 4. The Morgan fingerprint density at radius 3 is 2.84 bits per heavy atom. The Morgan fingerprint density at radius 2 is 2.08 bits per heavy atom. The molecule has 4 heterocycles. The number of hydrogen-bond acceptors (Lipinski definition) is 5. The quantitative estimate of drug-likeness (QED) is 0.638. The number of piperazine rings is 1. The molecule has 0 aromatic carbocycles. The molecule has 0 N–H and O–H groups in total. The summed E-state index contributed by atoms with van der Waals surface area (Å²) in [4.78, 5) is 23.2. The van der Waals surface area contributed by atoms with Crippen LogP contribution in [0.3, 0.4) is 0 Å². The van der Waals surface area contributed by atoms with Gasteiger partial charge in [0.05, 0.1) is 5.69 Å². The summed E-state index contributed by atoms with van der Waals surface area (Å²) >= 11 is 9.46. The maximum absolute atomic E-state index is 12.5. The topological polar surface area (TPSA) is 40.9 Å². The lowest BCUT2D eigenvalue weighted by atomic mass is 10.2. The van der Waals surface area contributed by atoms with Gasteiger partial charge in [-0.2, -0.15) is 0 Å². The van der Waals surface area contributed by atoms with Gasteiger partial charge in [0.15, 0.2) is 10.1 Å². The average Bonchev–Trinajstić information content (AvgIpc) is 3.32. The summed E-state index contributed by atoms with van der Waals surface area (Å²) in [5, 5.41) is 4.48. The highest BCUT2D eigenvalue weighted by Crippen LogP contribution is 2.22. The molecule has 4 rings (SSSR count). The van der Waals surface area contributed by atoms with Crippen LogP contribution in [-0.4, -0.2) is 51.3 Å². The molecular weight excluding hydrogens is 376 g/mol. The summed E-state index contributed by atoms with van der Waals surface area (Å²) in [6.07, 6.45) is 5.27. The Labute approximate surface area is 158 Å². The number of carbonyl (C=O) groups is 1. The van der Waals surface area contributed by atoms with Crippen molar-refractivity contribution in [1.82, 2.24) is 19.2 Å². The number of hydrogen-bond donors (Lipinski definition) is 0. The minimum atomic E-state index is 0.0250. The molecular formula is C17H17ClN4OS2. The number of thiazole rings is 1. The van der Waals surface area contributed by atoms with E-state index in [2.05, 4.69) is 27.4 Å². The van der Waals surface area contributed by atoms with E-state index in [1.54, 1.807) is 23.5 Å². The number of carbonyl (C=O) groups excluding carboxylic acids is 1. The fraction of sp³-hybridized carbons (Fsp3) is 0.294. The summed E-state index contributed by atoms with van der Waals surface area (Å²) in [6.45, 7) is 4.28. The van der Waals surface area contributed by atoms with Crippen LogP contribution in [0.1, 0.15) is 10.6 Å². The van der Waals surface area contributed by atoms with Crippen molar-refractivity contribution in [3.63, 3.8) is 0 Å². The van der Waals surface area contributed by atoms with Crippen LogP contribution in [0.25, 0.3) is 11.0 Å². The lowest BCUT2D eigenvalue weighted by Gasteiger charge is -2.33. The van der Waals surface area contributed by atoms with Crippen LogP contribution in [0.5, 0.6) is 0 Å². The fourth-order valence-electron chi connectivity index (χ4n) is 2.93. The third-order valence-corrected chi connectivity index (χ3v) is 6.18. The minimum Gasteiger partial charge on any atom is -0.337 e. The third kappa shape index (κ3) is 3.64. The van der Waals surface area contributed by atoms with Gasteiger partial charge in [0.25, 0.3) is 0 Å². The second-order valence-corrected chi connectivity index (χ2v) is 8.12. The number of halogens is 1. The van der Waals surface area contributed by atoms with E-state index in [0.29, 0.717) is 5.15 Å². The number of amides is 1. The van der Waals surface area contributed by atoms with Gasteiger partial charge in [-0.25, -0.2) is 4.98 Å². The molecule has 1 saturated heterocycles. The molecule has 0 radical (unpaired) electrons. The lowest BCUT2D eigenvalue weighted by molar-refractivity contribution is -0.127. The van der Waals surface area contributed by atoms with Crippen LogP contribution in [0.15, 0.2) is 35.2 Å². The highest BCUT2D eigenvalue weighted by atomic mass is 35.5. The number of fused-ring (bicyclic) bond motifs is 1. The normalized spacial score (nSPS) is 16.3. The number of imidazole rings is 1. The van der Waals surface area contributed by atoms with Crippen LogP contribution < -0.4 is 0 Å². The molecule has 5 nitrogen and oxygen atoms in total. The molecule has 0 atom stereocenters. The van der Waals surface area contributed by atoms with Crippen molar-refractivity contribution in [2.45, 2.75) is 6.54 Å². The van der Waals surface area contributed by atoms with Crippen molar-refractivity contribution in [3.05, 3.63) is 50.9 Å². The molecule has 8 heteroatoms. The molecule has 0 aliphatic carbocycles. The van der Waals surface area contributed by atoms with Crippen molar-refractivity contribution in [1.29, 1.82) is 0 Å². The molecule has 25 heavy (non-hydrogen) atoms. The predicted molar refractivity (Wildman–Crippen MR) is 103 cm³/mol. The van der Waals surface area contributed by atoms with Crippen LogP contribution >= 0.6 is 34.3 Å². The predicted octanol–water partition coefficient (Wildman–Crippen LogP) is 3.47. The summed E-state index contributed by atoms with van der Waals surface area (Å²) in [5.41, 5.74) is 0.752. The van der Waals surface area contributed by atoms with E-state index in [9.17, 15) is 4.79 Å². The largest absolute Gasteiger partial charge is 0.337 e. The van der Waals surface area contributed by atoms with Crippen molar-refractivity contribution < 1.29 is 4.79 Å². The highest BCUT2D eigenvalue weighted by molar-refractivity contribution is 7.15. The van der Waals surface area contributed by atoms with Crippen molar-refractivity contribution >= 4 is 51.2 Å². The molecule has 0 spiro atoms. The summed E-state index contributed by atoms with van der Waals surface area (Å²) in [6, 6.07) is 4.24. The Bertz CT molecular complexity index is 891. The summed E-state index contributed by atoms with van der Waals surface area (Å²) < 4.78 is 1.90. The zero-order valence-electron chi connectivity index (χ0n) is 13.5. The van der Waals surface area contributed by atoms with Crippen LogP contribution in [-0.2, 0) is 11.3 Å². The van der Waals surface area contributed by atoms with Crippen LogP contribution in [0.2, 0.25) is 5.15 Å². The van der Waals surface area contributed by atoms with Gasteiger partial charge in [0.2, 0.25) is 5.91 Å². The first-order chi connectivity index (χ1) is 12.2. The molecule has 3 aromatic heterocycles. The number of thiophene rings is 1. The van der Waals surface area contributed by atoms with Gasteiger partial charge in [-0.05, 0) is 17.5 Å². The van der Waals surface area contributed by atoms with Crippen molar-refractivity contribution in [2.75, 3.05) is 26.2 Å². The number of aromatic nitrogens is 2. The fourth-order valence-corrected chi connectivity index (χ4v) is 4.68.